The molecule has 14 heavy (non-hydrogen) atoms. The molecule has 0 saturated carbocycles. The van der Waals surface area contributed by atoms with Crippen LogP contribution in [0.3, 0.4) is 0 Å². The van der Waals surface area contributed by atoms with Crippen molar-refractivity contribution in [3.63, 3.8) is 0 Å². The molecule has 0 amide bonds. The van der Waals surface area contributed by atoms with Gasteiger partial charge >= 0.3 is 0 Å². The minimum atomic E-state index is -0.311. The van der Waals surface area contributed by atoms with Gasteiger partial charge in [0.1, 0.15) is 12.1 Å². The molecule has 0 saturated heterocycles. The Balaban J connectivity index is 3.00. The third-order valence-electron chi connectivity index (χ3n) is 2.26. The average molecular weight is 307 g/mol. The highest BCUT2D eigenvalue weighted by atomic mass is 127. The summed E-state index contributed by atoms with van der Waals surface area (Å²) in [6, 6.07) is 0. The van der Waals surface area contributed by atoms with Gasteiger partial charge in [0, 0.05) is 13.2 Å². The van der Waals surface area contributed by atoms with Crippen LogP contribution in [0.25, 0.3) is 0 Å². The highest BCUT2D eigenvalue weighted by molar-refractivity contribution is 14.1. The highest BCUT2D eigenvalue weighted by Crippen LogP contribution is 2.23. The van der Waals surface area contributed by atoms with Crippen LogP contribution in [0.2, 0.25) is 0 Å². The van der Waals surface area contributed by atoms with E-state index in [0.29, 0.717) is 0 Å². The highest BCUT2D eigenvalue weighted by Gasteiger charge is 2.24. The molecule has 0 aromatic carbocycles. The van der Waals surface area contributed by atoms with Gasteiger partial charge in [-0.2, -0.15) is 0 Å². The predicted molar refractivity (Wildman–Crippen MR) is 64.3 cm³/mol. The molecule has 0 fully saturated rings. The van der Waals surface area contributed by atoms with Gasteiger partial charge in [0.05, 0.1) is 15.7 Å². The lowest BCUT2D eigenvalue weighted by Gasteiger charge is -2.35. The predicted octanol–water partition coefficient (Wildman–Crippen LogP) is 1.29. The van der Waals surface area contributed by atoms with Crippen LogP contribution in [-0.2, 0) is 0 Å². The van der Waals surface area contributed by atoms with Crippen LogP contribution >= 0.6 is 22.6 Å². The molecule has 78 valence electrons. The van der Waals surface area contributed by atoms with Crippen molar-refractivity contribution in [2.24, 2.45) is 0 Å². The lowest BCUT2D eigenvalue weighted by atomic mass is 10.1. The fraction of sp³-hybridized carbons (Fsp3) is 0.556. The van der Waals surface area contributed by atoms with E-state index >= 15 is 0 Å². The molecular weight excluding hydrogens is 293 g/mol. The maximum atomic E-state index is 9.23. The second kappa shape index (κ2) is 4.39. The van der Waals surface area contributed by atoms with Gasteiger partial charge in [-0.25, -0.2) is 9.97 Å². The normalized spacial score (nSPS) is 11.5. The Hall–Kier alpha value is -0.430. The zero-order valence-corrected chi connectivity index (χ0v) is 10.7. The van der Waals surface area contributed by atoms with Gasteiger partial charge in [-0.15, -0.1) is 0 Å². The molecule has 0 aliphatic heterocycles. The Morgan fingerprint density at radius 2 is 2.21 bits per heavy atom. The van der Waals surface area contributed by atoms with Gasteiger partial charge in [0.2, 0.25) is 0 Å². The Labute approximate surface area is 97.5 Å². The lowest BCUT2D eigenvalue weighted by molar-refractivity contribution is 0.215. The van der Waals surface area contributed by atoms with Crippen molar-refractivity contribution < 1.29 is 5.11 Å². The van der Waals surface area contributed by atoms with E-state index in [0.717, 1.165) is 9.39 Å². The van der Waals surface area contributed by atoms with Crippen molar-refractivity contribution in [2.75, 3.05) is 18.6 Å². The van der Waals surface area contributed by atoms with Crippen LogP contribution in [0.4, 0.5) is 5.82 Å². The molecule has 0 bridgehead atoms. The maximum Gasteiger partial charge on any atom is 0.145 e. The molecule has 0 unspecified atom stereocenters. The largest absolute Gasteiger partial charge is 0.394 e. The summed E-state index contributed by atoms with van der Waals surface area (Å²) in [6.45, 7) is 4.01. The molecule has 1 aromatic rings. The van der Waals surface area contributed by atoms with E-state index in [9.17, 15) is 5.11 Å². The van der Waals surface area contributed by atoms with Crippen LogP contribution in [0.15, 0.2) is 12.5 Å². The molecule has 0 aliphatic carbocycles. The van der Waals surface area contributed by atoms with Gasteiger partial charge < -0.3 is 10.0 Å². The number of aliphatic hydroxyl groups is 1. The average Bonchev–Trinajstić information content (AvgIpc) is 2.17. The van der Waals surface area contributed by atoms with E-state index in [1.54, 1.807) is 6.20 Å². The first-order valence-electron chi connectivity index (χ1n) is 4.29. The number of aliphatic hydroxyl groups excluding tert-OH is 1. The second-order valence-corrected chi connectivity index (χ2v) is 4.89. The topological polar surface area (TPSA) is 49.2 Å². The van der Waals surface area contributed by atoms with Crippen molar-refractivity contribution in [1.82, 2.24) is 9.97 Å². The molecule has 0 atom stereocenters. The van der Waals surface area contributed by atoms with E-state index in [4.69, 9.17) is 0 Å². The molecular formula is C9H14IN3O. The third-order valence-corrected chi connectivity index (χ3v) is 3.02. The van der Waals surface area contributed by atoms with Crippen molar-refractivity contribution in [2.45, 2.75) is 19.4 Å². The Kier molecular flexibility index (Phi) is 3.65. The second-order valence-electron chi connectivity index (χ2n) is 3.72. The van der Waals surface area contributed by atoms with Gasteiger partial charge in [0.25, 0.3) is 0 Å². The number of hydrogen-bond acceptors (Lipinski definition) is 4. The fourth-order valence-corrected chi connectivity index (χ4v) is 1.61. The summed E-state index contributed by atoms with van der Waals surface area (Å²) in [7, 11) is 1.92. The van der Waals surface area contributed by atoms with E-state index < -0.39 is 0 Å². The van der Waals surface area contributed by atoms with E-state index in [1.807, 2.05) is 25.8 Å². The molecule has 1 N–H and O–H groups in total. The number of nitrogens with zero attached hydrogens (tertiary/aromatic N) is 3. The van der Waals surface area contributed by atoms with E-state index in [-0.39, 0.29) is 12.1 Å². The number of rotatable bonds is 3. The molecule has 1 heterocycles. The van der Waals surface area contributed by atoms with Crippen LogP contribution in [-0.4, -0.2) is 34.3 Å². The molecule has 1 aromatic heterocycles. The SMILES string of the molecule is CN(c1ncncc1I)C(C)(C)CO. The van der Waals surface area contributed by atoms with Crippen LogP contribution in [0.5, 0.6) is 0 Å². The molecule has 1 rings (SSSR count). The van der Waals surface area contributed by atoms with Gasteiger partial charge in [-0.05, 0) is 36.4 Å². The summed E-state index contributed by atoms with van der Waals surface area (Å²) in [5, 5.41) is 9.23. The summed E-state index contributed by atoms with van der Waals surface area (Å²) in [5.74, 6) is 0.847. The number of hydrogen-bond donors (Lipinski definition) is 1. The molecule has 4 nitrogen and oxygen atoms in total. The first kappa shape index (κ1) is 11.6. The lowest BCUT2D eigenvalue weighted by Crippen LogP contribution is -2.45. The number of likely N-dealkylation sites (N-methyl/N-ethyl adjacent to an activating group) is 1. The zero-order chi connectivity index (χ0) is 10.8. The molecule has 5 heteroatoms. The number of anilines is 1. The minimum absolute atomic E-state index is 0.0869. The van der Waals surface area contributed by atoms with Gasteiger partial charge in [-0.1, -0.05) is 0 Å². The summed E-state index contributed by atoms with van der Waals surface area (Å²) in [5.41, 5.74) is -0.311. The van der Waals surface area contributed by atoms with E-state index in [1.165, 1.54) is 6.33 Å². The monoisotopic (exact) mass is 307 g/mol. The van der Waals surface area contributed by atoms with Crippen molar-refractivity contribution in [1.29, 1.82) is 0 Å². The summed E-state index contributed by atoms with van der Waals surface area (Å²) < 4.78 is 0.981. The van der Waals surface area contributed by atoms with Crippen molar-refractivity contribution in [3.05, 3.63) is 16.1 Å². The minimum Gasteiger partial charge on any atom is -0.394 e. The quantitative estimate of drug-likeness (QED) is 0.855. The number of aromatic nitrogens is 2. The fourth-order valence-electron chi connectivity index (χ4n) is 0.946. The first-order valence-corrected chi connectivity index (χ1v) is 5.37. The summed E-state index contributed by atoms with van der Waals surface area (Å²) in [4.78, 5) is 10.1. The summed E-state index contributed by atoms with van der Waals surface area (Å²) >= 11 is 2.18. The first-order chi connectivity index (χ1) is 6.49. The Morgan fingerprint density at radius 1 is 1.57 bits per heavy atom. The van der Waals surface area contributed by atoms with Crippen molar-refractivity contribution >= 4 is 28.4 Å². The standard InChI is InChI=1S/C9H14IN3O/c1-9(2,5-14)13(3)8-7(10)4-11-6-12-8/h4,6,14H,5H2,1-3H3. The third kappa shape index (κ3) is 2.33. The van der Waals surface area contributed by atoms with Crippen LogP contribution in [0, 0.1) is 3.57 Å². The van der Waals surface area contributed by atoms with Gasteiger partial charge in [-0.3, -0.25) is 0 Å². The van der Waals surface area contributed by atoms with Crippen LogP contribution < -0.4 is 4.90 Å². The summed E-state index contributed by atoms with van der Waals surface area (Å²) in [6.07, 6.45) is 3.27. The smallest absolute Gasteiger partial charge is 0.145 e. The molecule has 0 spiro atoms. The van der Waals surface area contributed by atoms with E-state index in [2.05, 4.69) is 32.6 Å². The van der Waals surface area contributed by atoms with Crippen molar-refractivity contribution in [3.8, 4) is 0 Å². The molecule has 0 radical (unpaired) electrons. The Morgan fingerprint density at radius 3 is 2.71 bits per heavy atom. The maximum absolute atomic E-state index is 9.23. The number of halogens is 1. The Bertz CT molecular complexity index is 317. The van der Waals surface area contributed by atoms with Gasteiger partial charge in [0.15, 0.2) is 0 Å². The zero-order valence-electron chi connectivity index (χ0n) is 8.53. The molecule has 0 aliphatic rings. The van der Waals surface area contributed by atoms with Crippen LogP contribution in [0.1, 0.15) is 13.8 Å².